The summed E-state index contributed by atoms with van der Waals surface area (Å²) in [7, 11) is 1.68. The highest BCUT2D eigenvalue weighted by Gasteiger charge is 2.06. The minimum atomic E-state index is 0.878. The molecule has 0 radical (unpaired) electrons. The lowest BCUT2D eigenvalue weighted by atomic mass is 10.1. The first-order chi connectivity index (χ1) is 7.74. The van der Waals surface area contributed by atoms with E-state index in [9.17, 15) is 0 Å². The first-order valence-corrected chi connectivity index (χ1v) is 5.43. The quantitative estimate of drug-likeness (QED) is 0.788. The summed E-state index contributed by atoms with van der Waals surface area (Å²) in [5, 5.41) is 4.43. The van der Waals surface area contributed by atoms with Crippen LogP contribution in [-0.4, -0.2) is 16.9 Å². The van der Waals surface area contributed by atoms with Crippen molar-refractivity contribution in [3.05, 3.63) is 36.0 Å². The molecule has 2 rings (SSSR count). The Balaban J connectivity index is 2.41. The number of hydrogen-bond donors (Lipinski definition) is 0. The fourth-order valence-corrected chi connectivity index (χ4v) is 1.78. The summed E-state index contributed by atoms with van der Waals surface area (Å²) in [5.41, 5.74) is 3.37. The fraction of sp³-hybridized carbons (Fsp3) is 0.308. The molecule has 0 spiro atoms. The van der Waals surface area contributed by atoms with Crippen LogP contribution in [0.3, 0.4) is 0 Å². The van der Waals surface area contributed by atoms with Gasteiger partial charge in [0.15, 0.2) is 0 Å². The summed E-state index contributed by atoms with van der Waals surface area (Å²) in [5.74, 6) is 0.878. The van der Waals surface area contributed by atoms with Gasteiger partial charge in [-0.05, 0) is 44.2 Å². The number of aryl methyl sites for hydroxylation is 2. The maximum absolute atomic E-state index is 5.14. The van der Waals surface area contributed by atoms with Gasteiger partial charge < -0.3 is 4.74 Å². The van der Waals surface area contributed by atoms with Crippen LogP contribution in [0.5, 0.6) is 5.75 Å². The zero-order valence-corrected chi connectivity index (χ0v) is 9.90. The lowest BCUT2D eigenvalue weighted by molar-refractivity contribution is 0.415. The molecule has 1 aromatic carbocycles. The zero-order chi connectivity index (χ0) is 11.5. The average molecular weight is 216 g/mol. The smallest absolute Gasteiger partial charge is 0.118 e. The van der Waals surface area contributed by atoms with Gasteiger partial charge in [0.2, 0.25) is 0 Å². The van der Waals surface area contributed by atoms with Gasteiger partial charge in [0.1, 0.15) is 5.75 Å². The van der Waals surface area contributed by atoms with Crippen LogP contribution >= 0.6 is 0 Å². The molecule has 0 amide bonds. The van der Waals surface area contributed by atoms with E-state index in [1.165, 1.54) is 5.56 Å². The van der Waals surface area contributed by atoms with Crippen molar-refractivity contribution in [2.75, 3.05) is 7.11 Å². The van der Waals surface area contributed by atoms with Crippen molar-refractivity contribution in [2.24, 2.45) is 0 Å². The van der Waals surface area contributed by atoms with Gasteiger partial charge in [-0.15, -0.1) is 0 Å². The Bertz CT molecular complexity index is 471. The molecule has 0 saturated carbocycles. The molecule has 0 aliphatic rings. The normalized spacial score (nSPS) is 10.4. The minimum absolute atomic E-state index is 0.878. The second kappa shape index (κ2) is 4.39. The van der Waals surface area contributed by atoms with E-state index >= 15 is 0 Å². The summed E-state index contributed by atoms with van der Waals surface area (Å²) in [4.78, 5) is 0. The Morgan fingerprint density at radius 2 is 1.94 bits per heavy atom. The highest BCUT2D eigenvalue weighted by Crippen LogP contribution is 2.23. The van der Waals surface area contributed by atoms with Gasteiger partial charge in [0.25, 0.3) is 0 Å². The number of ether oxygens (including phenoxy) is 1. The van der Waals surface area contributed by atoms with Crippen molar-refractivity contribution in [3.63, 3.8) is 0 Å². The van der Waals surface area contributed by atoms with Gasteiger partial charge in [-0.2, -0.15) is 5.10 Å². The van der Waals surface area contributed by atoms with E-state index in [0.29, 0.717) is 0 Å². The summed E-state index contributed by atoms with van der Waals surface area (Å²) < 4.78 is 7.16. The van der Waals surface area contributed by atoms with Gasteiger partial charge in [0.05, 0.1) is 18.5 Å². The van der Waals surface area contributed by atoms with Crippen LogP contribution in [-0.2, 0) is 6.54 Å². The third-order valence-electron chi connectivity index (χ3n) is 2.59. The predicted octanol–water partition coefficient (Wildman–Crippen LogP) is 2.89. The number of aromatic nitrogens is 2. The molecule has 3 nitrogen and oxygen atoms in total. The van der Waals surface area contributed by atoms with E-state index in [1.54, 1.807) is 7.11 Å². The molecular formula is C13H16N2O. The van der Waals surface area contributed by atoms with E-state index in [2.05, 4.69) is 30.2 Å². The molecule has 3 heteroatoms. The molecule has 2 aromatic rings. The van der Waals surface area contributed by atoms with Crippen molar-refractivity contribution in [1.82, 2.24) is 9.78 Å². The van der Waals surface area contributed by atoms with Crippen LogP contribution in [0.2, 0.25) is 0 Å². The van der Waals surface area contributed by atoms with Crippen LogP contribution in [0.25, 0.3) is 11.3 Å². The average Bonchev–Trinajstić information content (AvgIpc) is 2.70. The summed E-state index contributed by atoms with van der Waals surface area (Å²) in [6.07, 6.45) is 0. The number of hydrogen-bond acceptors (Lipinski definition) is 2. The van der Waals surface area contributed by atoms with E-state index in [4.69, 9.17) is 4.74 Å². The van der Waals surface area contributed by atoms with Gasteiger partial charge in [-0.1, -0.05) is 0 Å². The molecule has 0 saturated heterocycles. The number of rotatable bonds is 3. The second-order valence-corrected chi connectivity index (χ2v) is 3.72. The van der Waals surface area contributed by atoms with Crippen molar-refractivity contribution in [3.8, 4) is 17.0 Å². The van der Waals surface area contributed by atoms with E-state index < -0.39 is 0 Å². The topological polar surface area (TPSA) is 27.1 Å². The van der Waals surface area contributed by atoms with Crippen molar-refractivity contribution < 1.29 is 4.74 Å². The molecule has 84 valence electrons. The Labute approximate surface area is 95.7 Å². The number of nitrogens with zero attached hydrogens (tertiary/aromatic N) is 2. The summed E-state index contributed by atoms with van der Waals surface area (Å²) in [6.45, 7) is 4.99. The Kier molecular flexibility index (Phi) is 2.95. The minimum Gasteiger partial charge on any atom is -0.497 e. The number of methoxy groups -OCH3 is 1. The lowest BCUT2D eigenvalue weighted by Gasteiger charge is -2.05. The van der Waals surface area contributed by atoms with Crippen molar-refractivity contribution in [2.45, 2.75) is 20.4 Å². The SMILES string of the molecule is CCn1nc(C)cc1-c1ccc(OC)cc1. The molecule has 0 aliphatic heterocycles. The molecule has 0 N–H and O–H groups in total. The monoisotopic (exact) mass is 216 g/mol. The molecule has 0 atom stereocenters. The first kappa shape index (κ1) is 10.7. The van der Waals surface area contributed by atoms with Gasteiger partial charge in [-0.25, -0.2) is 0 Å². The molecular weight excluding hydrogens is 200 g/mol. The Morgan fingerprint density at radius 1 is 1.25 bits per heavy atom. The maximum Gasteiger partial charge on any atom is 0.118 e. The van der Waals surface area contributed by atoms with Gasteiger partial charge in [0, 0.05) is 12.1 Å². The number of benzene rings is 1. The highest BCUT2D eigenvalue weighted by molar-refractivity contribution is 5.61. The van der Waals surface area contributed by atoms with Crippen LogP contribution < -0.4 is 4.74 Å². The molecule has 0 aliphatic carbocycles. The van der Waals surface area contributed by atoms with E-state index in [1.807, 2.05) is 23.7 Å². The molecule has 0 bridgehead atoms. The second-order valence-electron chi connectivity index (χ2n) is 3.72. The molecule has 16 heavy (non-hydrogen) atoms. The first-order valence-electron chi connectivity index (χ1n) is 5.43. The van der Waals surface area contributed by atoms with Crippen LogP contribution in [0.1, 0.15) is 12.6 Å². The lowest BCUT2D eigenvalue weighted by Crippen LogP contribution is -1.99. The Morgan fingerprint density at radius 3 is 2.50 bits per heavy atom. The summed E-state index contributed by atoms with van der Waals surface area (Å²) in [6, 6.07) is 10.2. The maximum atomic E-state index is 5.14. The van der Waals surface area contributed by atoms with E-state index in [-0.39, 0.29) is 0 Å². The molecule has 1 heterocycles. The summed E-state index contributed by atoms with van der Waals surface area (Å²) >= 11 is 0. The molecule has 0 fully saturated rings. The third kappa shape index (κ3) is 1.94. The van der Waals surface area contributed by atoms with E-state index in [0.717, 1.165) is 23.7 Å². The zero-order valence-electron chi connectivity index (χ0n) is 9.90. The Hall–Kier alpha value is -1.77. The predicted molar refractivity (Wildman–Crippen MR) is 64.6 cm³/mol. The van der Waals surface area contributed by atoms with Crippen LogP contribution in [0.15, 0.2) is 30.3 Å². The van der Waals surface area contributed by atoms with Crippen LogP contribution in [0, 0.1) is 6.92 Å². The highest BCUT2D eigenvalue weighted by atomic mass is 16.5. The standard InChI is InChI=1S/C13H16N2O/c1-4-15-13(9-10(2)14-15)11-5-7-12(16-3)8-6-11/h5-9H,4H2,1-3H3. The van der Waals surface area contributed by atoms with Gasteiger partial charge >= 0.3 is 0 Å². The van der Waals surface area contributed by atoms with Crippen molar-refractivity contribution >= 4 is 0 Å². The van der Waals surface area contributed by atoms with Crippen molar-refractivity contribution in [1.29, 1.82) is 0 Å². The molecule has 0 unspecified atom stereocenters. The third-order valence-corrected chi connectivity index (χ3v) is 2.59. The van der Waals surface area contributed by atoms with Gasteiger partial charge in [-0.3, -0.25) is 4.68 Å². The largest absolute Gasteiger partial charge is 0.497 e. The fourth-order valence-electron chi connectivity index (χ4n) is 1.78. The van der Waals surface area contributed by atoms with Crippen LogP contribution in [0.4, 0.5) is 0 Å². The molecule has 1 aromatic heterocycles.